The molecule has 0 aliphatic carbocycles. The summed E-state index contributed by atoms with van der Waals surface area (Å²) < 4.78 is 31.6. The Morgan fingerprint density at radius 3 is 2.17 bits per heavy atom. The summed E-state index contributed by atoms with van der Waals surface area (Å²) in [5.41, 5.74) is 0.444. The summed E-state index contributed by atoms with van der Waals surface area (Å²) >= 11 is 0. The van der Waals surface area contributed by atoms with Gasteiger partial charge in [0, 0.05) is 0 Å². The van der Waals surface area contributed by atoms with Crippen molar-refractivity contribution in [2.45, 2.75) is 6.92 Å². The lowest BCUT2D eigenvalue weighted by molar-refractivity contribution is -0.902. The van der Waals surface area contributed by atoms with E-state index in [0.29, 0.717) is 30.3 Å². The van der Waals surface area contributed by atoms with Crippen molar-refractivity contribution in [3.63, 3.8) is 0 Å². The maximum atomic E-state index is 12.7. The summed E-state index contributed by atoms with van der Waals surface area (Å²) in [4.78, 5) is 15.9. The number of likely N-dealkylation sites (N-methyl/N-ethyl adjacent to an activating group) is 1. The Hall–Kier alpha value is -2.58. The van der Waals surface area contributed by atoms with Crippen molar-refractivity contribution in [2.24, 2.45) is 0 Å². The van der Waals surface area contributed by atoms with Crippen molar-refractivity contribution in [2.75, 3.05) is 49.8 Å². The van der Waals surface area contributed by atoms with Gasteiger partial charge in [0.1, 0.15) is 18.0 Å². The third-order valence-corrected chi connectivity index (χ3v) is 6.25. The van der Waals surface area contributed by atoms with Gasteiger partial charge in [0.25, 0.3) is 0 Å². The van der Waals surface area contributed by atoms with Crippen molar-refractivity contribution in [1.82, 2.24) is 4.90 Å². The second kappa shape index (κ2) is 9.28. The molecule has 1 aliphatic heterocycles. The third kappa shape index (κ3) is 5.71. The average Bonchev–Trinajstić information content (AvgIpc) is 2.72. The minimum Gasteiger partial charge on any atom is -0.457 e. The molecule has 3 rings (SSSR count). The zero-order chi connectivity index (χ0) is 20.9. The predicted molar refractivity (Wildman–Crippen MR) is 113 cm³/mol. The van der Waals surface area contributed by atoms with Crippen LogP contribution in [0.2, 0.25) is 0 Å². The zero-order valence-electron chi connectivity index (χ0n) is 16.9. The summed E-state index contributed by atoms with van der Waals surface area (Å²) in [5.74, 6) is 1.12. The number of amides is 1. The molecule has 1 N–H and O–H groups in total. The SMILES string of the molecule is CC[NH+]1CCN(C(=O)CN(c2ccc(Oc3ccccc3)cc2)S(C)(=O)=O)CC1. The van der Waals surface area contributed by atoms with E-state index < -0.39 is 10.0 Å². The molecule has 156 valence electrons. The van der Waals surface area contributed by atoms with E-state index in [1.54, 1.807) is 29.2 Å². The molecule has 0 atom stereocenters. The molecule has 0 unspecified atom stereocenters. The fraction of sp³-hybridized carbons (Fsp3) is 0.381. The molecule has 1 aliphatic rings. The standard InChI is InChI=1S/C21H27N3O4S/c1-3-22-13-15-23(16-14-22)21(25)17-24(29(2,26)27)18-9-11-20(12-10-18)28-19-7-5-4-6-8-19/h4-12H,3,13-17H2,1-2H3/p+1. The number of hydrogen-bond acceptors (Lipinski definition) is 4. The maximum absolute atomic E-state index is 12.7. The van der Waals surface area contributed by atoms with E-state index in [1.807, 2.05) is 30.3 Å². The summed E-state index contributed by atoms with van der Waals surface area (Å²) in [6.07, 6.45) is 1.12. The number of piperazine rings is 1. The number of anilines is 1. The lowest BCUT2D eigenvalue weighted by Crippen LogP contribution is -3.14. The quantitative estimate of drug-likeness (QED) is 0.728. The molecule has 1 heterocycles. The highest BCUT2D eigenvalue weighted by molar-refractivity contribution is 7.92. The highest BCUT2D eigenvalue weighted by Gasteiger charge is 2.27. The van der Waals surface area contributed by atoms with Gasteiger partial charge in [-0.3, -0.25) is 9.10 Å². The molecule has 1 saturated heterocycles. The van der Waals surface area contributed by atoms with Gasteiger partial charge in [0.05, 0.1) is 44.7 Å². The Morgan fingerprint density at radius 1 is 1.03 bits per heavy atom. The largest absolute Gasteiger partial charge is 0.457 e. The fourth-order valence-corrected chi connectivity index (χ4v) is 4.20. The molecule has 8 heteroatoms. The van der Waals surface area contributed by atoms with E-state index in [1.165, 1.54) is 4.90 Å². The summed E-state index contributed by atoms with van der Waals surface area (Å²) in [6.45, 7) is 6.07. The number of nitrogens with one attached hydrogen (secondary N) is 1. The number of quaternary nitrogens is 1. The smallest absolute Gasteiger partial charge is 0.243 e. The van der Waals surface area contributed by atoms with Crippen LogP contribution >= 0.6 is 0 Å². The van der Waals surface area contributed by atoms with Crippen LogP contribution in [-0.4, -0.2) is 64.7 Å². The van der Waals surface area contributed by atoms with E-state index in [-0.39, 0.29) is 12.5 Å². The fourth-order valence-electron chi connectivity index (χ4n) is 3.35. The molecule has 1 amide bonds. The molecular weight excluding hydrogens is 390 g/mol. The van der Waals surface area contributed by atoms with Crippen LogP contribution in [0.3, 0.4) is 0 Å². The number of hydrogen-bond donors (Lipinski definition) is 1. The minimum absolute atomic E-state index is 0.171. The second-order valence-electron chi connectivity index (χ2n) is 7.16. The van der Waals surface area contributed by atoms with E-state index >= 15 is 0 Å². The summed E-state index contributed by atoms with van der Waals surface area (Å²) in [7, 11) is -3.60. The third-order valence-electron chi connectivity index (χ3n) is 5.11. The van der Waals surface area contributed by atoms with Gasteiger partial charge in [-0.25, -0.2) is 8.42 Å². The summed E-state index contributed by atoms with van der Waals surface area (Å²) in [6, 6.07) is 16.1. The van der Waals surface area contributed by atoms with Gasteiger partial charge in [-0.05, 0) is 43.3 Å². The normalized spacial score (nSPS) is 15.2. The van der Waals surface area contributed by atoms with Crippen LogP contribution in [0.25, 0.3) is 0 Å². The lowest BCUT2D eigenvalue weighted by Gasteiger charge is -2.33. The first kappa shape index (κ1) is 21.1. The number of rotatable bonds is 7. The first-order chi connectivity index (χ1) is 13.9. The molecule has 2 aromatic carbocycles. The Balaban J connectivity index is 1.69. The van der Waals surface area contributed by atoms with Gasteiger partial charge in [-0.1, -0.05) is 18.2 Å². The minimum atomic E-state index is -3.60. The molecule has 0 spiro atoms. The van der Waals surface area contributed by atoms with E-state index in [0.717, 1.165) is 30.2 Å². The number of carbonyl (C=O) groups is 1. The maximum Gasteiger partial charge on any atom is 0.243 e. The van der Waals surface area contributed by atoms with Gasteiger partial charge in [0.2, 0.25) is 15.9 Å². The second-order valence-corrected chi connectivity index (χ2v) is 9.07. The van der Waals surface area contributed by atoms with Crippen LogP contribution in [0.5, 0.6) is 11.5 Å². The highest BCUT2D eigenvalue weighted by Crippen LogP contribution is 2.25. The van der Waals surface area contributed by atoms with Gasteiger partial charge in [0.15, 0.2) is 0 Å². The number of sulfonamides is 1. The number of nitrogens with zero attached hydrogens (tertiary/aromatic N) is 2. The number of para-hydroxylation sites is 1. The van der Waals surface area contributed by atoms with Crippen LogP contribution in [0.15, 0.2) is 54.6 Å². The lowest BCUT2D eigenvalue weighted by atomic mass is 10.2. The van der Waals surface area contributed by atoms with Crippen molar-refractivity contribution in [3.8, 4) is 11.5 Å². The molecular formula is C21H28N3O4S+. The molecule has 7 nitrogen and oxygen atoms in total. The first-order valence-electron chi connectivity index (χ1n) is 9.79. The molecule has 29 heavy (non-hydrogen) atoms. The Labute approximate surface area is 172 Å². The van der Waals surface area contributed by atoms with E-state index in [2.05, 4.69) is 6.92 Å². The van der Waals surface area contributed by atoms with Crippen molar-refractivity contribution < 1.29 is 22.8 Å². The molecule has 0 aromatic heterocycles. The molecule has 0 bridgehead atoms. The van der Waals surface area contributed by atoms with E-state index in [9.17, 15) is 13.2 Å². The van der Waals surface area contributed by atoms with Gasteiger partial charge < -0.3 is 14.5 Å². The van der Waals surface area contributed by atoms with Crippen LogP contribution in [0.1, 0.15) is 6.92 Å². The average molecular weight is 419 g/mol. The Kier molecular flexibility index (Phi) is 6.76. The van der Waals surface area contributed by atoms with Crippen molar-refractivity contribution >= 4 is 21.6 Å². The molecule has 2 aromatic rings. The van der Waals surface area contributed by atoms with Crippen LogP contribution in [0.4, 0.5) is 5.69 Å². The number of benzene rings is 2. The monoisotopic (exact) mass is 418 g/mol. The first-order valence-corrected chi connectivity index (χ1v) is 11.6. The summed E-state index contributed by atoms with van der Waals surface area (Å²) in [5, 5.41) is 0. The van der Waals surface area contributed by atoms with Gasteiger partial charge in [-0.2, -0.15) is 0 Å². The van der Waals surface area contributed by atoms with Crippen molar-refractivity contribution in [3.05, 3.63) is 54.6 Å². The number of carbonyl (C=O) groups excluding carboxylic acids is 1. The molecule has 1 fully saturated rings. The van der Waals surface area contributed by atoms with Crippen LogP contribution in [0, 0.1) is 0 Å². The predicted octanol–water partition coefficient (Wildman–Crippen LogP) is 0.992. The Morgan fingerprint density at radius 2 is 1.62 bits per heavy atom. The zero-order valence-corrected chi connectivity index (χ0v) is 17.7. The van der Waals surface area contributed by atoms with E-state index in [4.69, 9.17) is 4.74 Å². The van der Waals surface area contributed by atoms with Gasteiger partial charge >= 0.3 is 0 Å². The highest BCUT2D eigenvalue weighted by atomic mass is 32.2. The van der Waals surface area contributed by atoms with Crippen LogP contribution < -0.4 is 13.9 Å². The van der Waals surface area contributed by atoms with Crippen molar-refractivity contribution in [1.29, 1.82) is 0 Å². The number of ether oxygens (including phenoxy) is 1. The van der Waals surface area contributed by atoms with Crippen LogP contribution in [-0.2, 0) is 14.8 Å². The topological polar surface area (TPSA) is 71.4 Å². The Bertz CT molecular complexity index is 909. The van der Waals surface area contributed by atoms with Gasteiger partial charge in [-0.15, -0.1) is 0 Å². The molecule has 0 saturated carbocycles. The molecule has 0 radical (unpaired) electrons.